The van der Waals surface area contributed by atoms with Crippen molar-refractivity contribution in [3.8, 4) is 17.1 Å². The Morgan fingerprint density at radius 2 is 1.80 bits per heavy atom. The van der Waals surface area contributed by atoms with Gasteiger partial charge in [0.25, 0.3) is 0 Å². The van der Waals surface area contributed by atoms with Crippen molar-refractivity contribution in [3.05, 3.63) is 88.4 Å². The van der Waals surface area contributed by atoms with E-state index in [1.165, 1.54) is 12.1 Å². The molecule has 0 fully saturated rings. The second-order valence-corrected chi connectivity index (χ2v) is 7.95. The van der Waals surface area contributed by atoms with Gasteiger partial charge in [-0.3, -0.25) is 14.3 Å². The minimum Gasteiger partial charge on any atom is -0.293 e. The molecule has 30 heavy (non-hydrogen) atoms. The van der Waals surface area contributed by atoms with E-state index in [1.54, 1.807) is 59.4 Å². The average Bonchev–Trinajstić information content (AvgIpc) is 3.16. The lowest BCUT2D eigenvalue weighted by molar-refractivity contribution is 0.102. The van der Waals surface area contributed by atoms with Crippen molar-refractivity contribution in [2.45, 2.75) is 5.16 Å². The molecule has 0 radical (unpaired) electrons. The summed E-state index contributed by atoms with van der Waals surface area (Å²) >= 11 is 13.2. The summed E-state index contributed by atoms with van der Waals surface area (Å²) in [6.45, 7) is 0. The molecule has 0 unspecified atom stereocenters. The number of Topliss-reactive ketones (excluding diaryl/α,β-unsaturated/α-hetero) is 1. The third-order valence-corrected chi connectivity index (χ3v) is 5.71. The molecule has 0 aliphatic carbocycles. The average molecular weight is 459 g/mol. The van der Waals surface area contributed by atoms with Crippen molar-refractivity contribution in [2.75, 3.05) is 5.75 Å². The highest BCUT2D eigenvalue weighted by atomic mass is 35.5. The highest BCUT2D eigenvalue weighted by Crippen LogP contribution is 2.30. The lowest BCUT2D eigenvalue weighted by Crippen LogP contribution is -2.06. The number of halogens is 3. The zero-order chi connectivity index (χ0) is 21.1. The molecule has 0 aliphatic heterocycles. The van der Waals surface area contributed by atoms with Crippen molar-refractivity contribution in [3.63, 3.8) is 0 Å². The summed E-state index contributed by atoms with van der Waals surface area (Å²) in [6.07, 6.45) is 3.24. The van der Waals surface area contributed by atoms with Gasteiger partial charge in [-0.1, -0.05) is 47.1 Å². The van der Waals surface area contributed by atoms with E-state index in [1.807, 2.05) is 0 Å². The molecule has 2 aromatic carbocycles. The molecule has 2 aromatic heterocycles. The van der Waals surface area contributed by atoms with Gasteiger partial charge in [0.15, 0.2) is 16.8 Å². The van der Waals surface area contributed by atoms with Crippen LogP contribution in [-0.2, 0) is 0 Å². The molecule has 4 aromatic rings. The number of pyridine rings is 1. The van der Waals surface area contributed by atoms with Crippen molar-refractivity contribution < 1.29 is 9.18 Å². The lowest BCUT2D eigenvalue weighted by atomic mass is 10.1. The number of hydrogen-bond donors (Lipinski definition) is 0. The number of nitrogens with zero attached hydrogens (tertiary/aromatic N) is 4. The Kier molecular flexibility index (Phi) is 6.13. The van der Waals surface area contributed by atoms with Gasteiger partial charge in [0.05, 0.1) is 16.5 Å². The standard InChI is InChI=1S/C21H13Cl2FN4OS/c22-14-5-6-15(16(23)11-14)19(29)12-30-21-27-26-20(13-7-9-25-10-8-13)28(21)18-4-2-1-3-17(18)24/h1-11H,12H2. The first-order valence-corrected chi connectivity index (χ1v) is 10.5. The smallest absolute Gasteiger partial charge is 0.196 e. The zero-order valence-corrected chi connectivity index (χ0v) is 17.6. The Hall–Kier alpha value is -2.74. The van der Waals surface area contributed by atoms with E-state index >= 15 is 0 Å². The van der Waals surface area contributed by atoms with Crippen LogP contribution in [0, 0.1) is 5.82 Å². The van der Waals surface area contributed by atoms with Gasteiger partial charge in [-0.2, -0.15) is 0 Å². The number of carbonyl (C=O) groups is 1. The van der Waals surface area contributed by atoms with Crippen molar-refractivity contribution in [2.24, 2.45) is 0 Å². The lowest BCUT2D eigenvalue weighted by Gasteiger charge is -2.11. The maximum absolute atomic E-state index is 14.6. The van der Waals surface area contributed by atoms with E-state index in [2.05, 4.69) is 15.2 Å². The maximum Gasteiger partial charge on any atom is 0.196 e. The van der Waals surface area contributed by atoms with Gasteiger partial charge < -0.3 is 0 Å². The van der Waals surface area contributed by atoms with Gasteiger partial charge >= 0.3 is 0 Å². The fourth-order valence-electron chi connectivity index (χ4n) is 2.83. The number of ketones is 1. The van der Waals surface area contributed by atoms with Crippen LogP contribution in [0.5, 0.6) is 0 Å². The number of rotatable bonds is 6. The second-order valence-electron chi connectivity index (χ2n) is 6.16. The first kappa shape index (κ1) is 20.5. The van der Waals surface area contributed by atoms with Crippen LogP contribution in [0.3, 0.4) is 0 Å². The van der Waals surface area contributed by atoms with E-state index in [-0.39, 0.29) is 22.2 Å². The Bertz CT molecular complexity index is 1220. The number of aromatic nitrogens is 4. The molecule has 0 saturated heterocycles. The Morgan fingerprint density at radius 3 is 2.53 bits per heavy atom. The number of benzene rings is 2. The Labute approximate surface area is 185 Å². The summed E-state index contributed by atoms with van der Waals surface area (Å²) in [4.78, 5) is 16.7. The van der Waals surface area contributed by atoms with Crippen LogP contribution in [0.2, 0.25) is 10.0 Å². The van der Waals surface area contributed by atoms with Gasteiger partial charge in [-0.05, 0) is 42.5 Å². The molecule has 150 valence electrons. The number of carbonyl (C=O) groups excluding carboxylic acids is 1. The largest absolute Gasteiger partial charge is 0.293 e. The summed E-state index contributed by atoms with van der Waals surface area (Å²) in [5.41, 5.74) is 1.37. The minimum absolute atomic E-state index is 0.0459. The van der Waals surface area contributed by atoms with Crippen LogP contribution in [-0.4, -0.2) is 31.3 Å². The molecule has 4 rings (SSSR count). The van der Waals surface area contributed by atoms with Gasteiger partial charge in [0, 0.05) is 28.5 Å². The summed E-state index contributed by atoms with van der Waals surface area (Å²) in [5.74, 6) is -0.136. The van der Waals surface area contributed by atoms with E-state index in [0.29, 0.717) is 21.6 Å². The fraction of sp³-hybridized carbons (Fsp3) is 0.0476. The van der Waals surface area contributed by atoms with Gasteiger partial charge in [-0.25, -0.2) is 4.39 Å². The topological polar surface area (TPSA) is 60.7 Å². The second kappa shape index (κ2) is 8.95. The Morgan fingerprint density at radius 1 is 1.03 bits per heavy atom. The number of para-hydroxylation sites is 1. The molecule has 0 spiro atoms. The van der Waals surface area contributed by atoms with Crippen LogP contribution < -0.4 is 0 Å². The van der Waals surface area contributed by atoms with E-state index in [0.717, 1.165) is 17.3 Å². The van der Waals surface area contributed by atoms with Crippen LogP contribution >= 0.6 is 35.0 Å². The molecule has 0 atom stereocenters. The van der Waals surface area contributed by atoms with Crippen molar-refractivity contribution in [1.29, 1.82) is 0 Å². The van der Waals surface area contributed by atoms with Crippen molar-refractivity contribution in [1.82, 2.24) is 19.7 Å². The molecule has 0 saturated carbocycles. The summed E-state index contributed by atoms with van der Waals surface area (Å²) in [5, 5.41) is 9.53. The first-order chi connectivity index (χ1) is 14.5. The molecule has 0 bridgehead atoms. The number of hydrogen-bond acceptors (Lipinski definition) is 5. The molecule has 9 heteroatoms. The van der Waals surface area contributed by atoms with Gasteiger partial charge in [0.2, 0.25) is 0 Å². The normalized spacial score (nSPS) is 10.9. The van der Waals surface area contributed by atoms with E-state index < -0.39 is 5.82 Å². The molecule has 2 heterocycles. The molecule has 5 nitrogen and oxygen atoms in total. The molecule has 0 aliphatic rings. The van der Waals surface area contributed by atoms with E-state index in [9.17, 15) is 9.18 Å². The molecule has 0 N–H and O–H groups in total. The first-order valence-electron chi connectivity index (χ1n) is 8.76. The maximum atomic E-state index is 14.6. The monoisotopic (exact) mass is 458 g/mol. The highest BCUT2D eigenvalue weighted by Gasteiger charge is 2.20. The van der Waals surface area contributed by atoms with Gasteiger partial charge in [0.1, 0.15) is 5.82 Å². The predicted octanol–water partition coefficient (Wildman–Crippen LogP) is 5.75. The Balaban J connectivity index is 1.69. The van der Waals surface area contributed by atoms with Crippen LogP contribution in [0.15, 0.2) is 72.1 Å². The summed E-state index contributed by atoms with van der Waals surface area (Å²) in [7, 11) is 0. The minimum atomic E-state index is -0.429. The summed E-state index contributed by atoms with van der Waals surface area (Å²) < 4.78 is 16.2. The van der Waals surface area contributed by atoms with Crippen LogP contribution in [0.4, 0.5) is 4.39 Å². The SMILES string of the molecule is O=C(CSc1nnc(-c2ccncc2)n1-c1ccccc1F)c1ccc(Cl)cc1Cl. The third kappa shape index (κ3) is 4.23. The quantitative estimate of drug-likeness (QED) is 0.272. The molecular formula is C21H13Cl2FN4OS. The fourth-order valence-corrected chi connectivity index (χ4v) is 4.17. The molecular weight excluding hydrogens is 446 g/mol. The van der Waals surface area contributed by atoms with Crippen LogP contribution in [0.1, 0.15) is 10.4 Å². The predicted molar refractivity (Wildman–Crippen MR) is 116 cm³/mol. The van der Waals surface area contributed by atoms with Crippen LogP contribution in [0.25, 0.3) is 17.1 Å². The summed E-state index contributed by atoms with van der Waals surface area (Å²) in [6, 6.07) is 14.5. The van der Waals surface area contributed by atoms with E-state index in [4.69, 9.17) is 23.2 Å². The zero-order valence-electron chi connectivity index (χ0n) is 15.3. The van der Waals surface area contributed by atoms with Crippen molar-refractivity contribution >= 4 is 40.7 Å². The highest BCUT2D eigenvalue weighted by molar-refractivity contribution is 7.99. The van der Waals surface area contributed by atoms with Gasteiger partial charge in [-0.15, -0.1) is 10.2 Å². The number of thioether (sulfide) groups is 1. The third-order valence-electron chi connectivity index (χ3n) is 4.23. The molecule has 0 amide bonds.